The Morgan fingerprint density at radius 3 is 2.41 bits per heavy atom. The van der Waals surface area contributed by atoms with Crippen LogP contribution in [0.15, 0.2) is 36.4 Å². The number of likely N-dealkylation sites (tertiary alicyclic amines) is 1. The number of aryl methyl sites for hydroxylation is 1. The van der Waals surface area contributed by atoms with Crippen LogP contribution < -0.4 is 4.84 Å². The topological polar surface area (TPSA) is 32.8 Å². The van der Waals surface area contributed by atoms with E-state index in [4.69, 9.17) is 4.84 Å². The van der Waals surface area contributed by atoms with Crippen LogP contribution in [0.25, 0.3) is 10.8 Å². The molecule has 2 aromatic carbocycles. The lowest BCUT2D eigenvalue weighted by atomic mass is 9.87. The third-order valence-electron chi connectivity index (χ3n) is 6.27. The van der Waals surface area contributed by atoms with Gasteiger partial charge in [0.1, 0.15) is 5.66 Å². The highest BCUT2D eigenvalue weighted by atomic mass is 16.7. The molecule has 2 aromatic rings. The molecular formula is C23H30N2O2. The summed E-state index contributed by atoms with van der Waals surface area (Å²) in [5, 5.41) is 3.93. The van der Waals surface area contributed by atoms with Gasteiger partial charge in [0.15, 0.2) is 5.75 Å². The van der Waals surface area contributed by atoms with Crippen LogP contribution in [0.2, 0.25) is 0 Å². The first-order valence-corrected chi connectivity index (χ1v) is 10.3. The molecule has 1 heterocycles. The number of hydrogen-bond donors (Lipinski definition) is 0. The van der Waals surface area contributed by atoms with Gasteiger partial charge in [-0.1, -0.05) is 42.8 Å². The second-order valence-electron chi connectivity index (χ2n) is 8.07. The standard InChI is InChI=1S/C23H30N2O2/c1-18-12-13-20-10-4-5-11-21(20)22(18)27-25(19(2)26)23(14-6-3-7-15-23)24-16-8-9-17-24/h4-5,10-13H,3,6-9,14-17H2,1-2H3. The molecule has 0 unspecified atom stereocenters. The lowest BCUT2D eigenvalue weighted by Gasteiger charge is -2.50. The molecule has 1 aliphatic heterocycles. The molecule has 1 amide bonds. The van der Waals surface area contributed by atoms with Crippen molar-refractivity contribution in [2.24, 2.45) is 0 Å². The molecule has 27 heavy (non-hydrogen) atoms. The summed E-state index contributed by atoms with van der Waals surface area (Å²) < 4.78 is 0. The Kier molecular flexibility index (Phi) is 5.09. The van der Waals surface area contributed by atoms with Crippen LogP contribution in [0.5, 0.6) is 5.75 Å². The maximum Gasteiger partial charge on any atom is 0.253 e. The Bertz CT molecular complexity index is 820. The van der Waals surface area contributed by atoms with E-state index in [1.807, 2.05) is 12.1 Å². The average Bonchev–Trinajstić information content (AvgIpc) is 3.23. The second kappa shape index (κ2) is 7.51. The molecule has 0 N–H and O–H groups in total. The van der Waals surface area contributed by atoms with Gasteiger partial charge in [0, 0.05) is 25.4 Å². The van der Waals surface area contributed by atoms with E-state index in [1.165, 1.54) is 19.3 Å². The molecule has 0 spiro atoms. The van der Waals surface area contributed by atoms with Gasteiger partial charge >= 0.3 is 0 Å². The fourth-order valence-electron chi connectivity index (χ4n) is 4.91. The molecule has 1 aliphatic carbocycles. The van der Waals surface area contributed by atoms with Crippen molar-refractivity contribution in [2.45, 2.75) is 64.5 Å². The third-order valence-corrected chi connectivity index (χ3v) is 6.27. The van der Waals surface area contributed by atoms with Gasteiger partial charge in [0.25, 0.3) is 5.91 Å². The lowest BCUT2D eigenvalue weighted by molar-refractivity contribution is -0.216. The van der Waals surface area contributed by atoms with Gasteiger partial charge in [-0.2, -0.15) is 5.06 Å². The van der Waals surface area contributed by atoms with Gasteiger partial charge < -0.3 is 4.84 Å². The van der Waals surface area contributed by atoms with Crippen molar-refractivity contribution < 1.29 is 9.63 Å². The number of hydroxylamine groups is 2. The highest BCUT2D eigenvalue weighted by molar-refractivity contribution is 5.89. The summed E-state index contributed by atoms with van der Waals surface area (Å²) >= 11 is 0. The van der Waals surface area contributed by atoms with Crippen molar-refractivity contribution >= 4 is 16.7 Å². The SMILES string of the molecule is CC(=O)N(Oc1c(C)ccc2ccccc12)C1(N2CCCC2)CCCCC1. The molecule has 2 aliphatic rings. The van der Waals surface area contributed by atoms with E-state index in [0.29, 0.717) is 0 Å². The monoisotopic (exact) mass is 366 g/mol. The summed E-state index contributed by atoms with van der Waals surface area (Å²) in [6, 6.07) is 12.4. The zero-order valence-corrected chi connectivity index (χ0v) is 16.5. The Morgan fingerprint density at radius 1 is 1.00 bits per heavy atom. The summed E-state index contributed by atoms with van der Waals surface area (Å²) in [4.78, 5) is 21.9. The molecule has 0 bridgehead atoms. The van der Waals surface area contributed by atoms with E-state index in [0.717, 1.165) is 60.9 Å². The van der Waals surface area contributed by atoms with Crippen molar-refractivity contribution in [3.8, 4) is 5.75 Å². The third kappa shape index (κ3) is 3.31. The first-order chi connectivity index (χ1) is 13.1. The number of carbonyl (C=O) groups excluding carboxylic acids is 1. The minimum atomic E-state index is -0.302. The van der Waals surface area contributed by atoms with Crippen molar-refractivity contribution in [3.05, 3.63) is 42.0 Å². The summed E-state index contributed by atoms with van der Waals surface area (Å²) in [5.74, 6) is 0.809. The van der Waals surface area contributed by atoms with Crippen LogP contribution in [-0.4, -0.2) is 34.6 Å². The van der Waals surface area contributed by atoms with Crippen LogP contribution in [0.4, 0.5) is 0 Å². The van der Waals surface area contributed by atoms with Crippen LogP contribution in [-0.2, 0) is 4.79 Å². The molecule has 0 atom stereocenters. The highest BCUT2D eigenvalue weighted by Crippen LogP contribution is 2.41. The fraction of sp³-hybridized carbons (Fsp3) is 0.522. The van der Waals surface area contributed by atoms with Gasteiger partial charge in [0.05, 0.1) is 0 Å². The van der Waals surface area contributed by atoms with Crippen LogP contribution in [0.3, 0.4) is 0 Å². The number of fused-ring (bicyclic) bond motifs is 1. The van der Waals surface area contributed by atoms with Crippen molar-refractivity contribution in [1.82, 2.24) is 9.96 Å². The highest BCUT2D eigenvalue weighted by Gasteiger charge is 2.47. The largest absolute Gasteiger partial charge is 0.374 e. The lowest BCUT2D eigenvalue weighted by Crippen LogP contribution is -2.63. The first-order valence-electron chi connectivity index (χ1n) is 10.3. The predicted octanol–water partition coefficient (Wildman–Crippen LogP) is 5.05. The molecule has 144 valence electrons. The number of amides is 1. The summed E-state index contributed by atoms with van der Waals surface area (Å²) in [6.45, 7) is 5.82. The summed E-state index contributed by atoms with van der Waals surface area (Å²) in [7, 11) is 0. The van der Waals surface area contributed by atoms with E-state index in [9.17, 15) is 4.79 Å². The molecule has 4 rings (SSSR count). The van der Waals surface area contributed by atoms with Crippen LogP contribution in [0, 0.1) is 6.92 Å². The Morgan fingerprint density at radius 2 is 1.70 bits per heavy atom. The fourth-order valence-corrected chi connectivity index (χ4v) is 4.91. The van der Waals surface area contributed by atoms with Crippen LogP contribution >= 0.6 is 0 Å². The van der Waals surface area contributed by atoms with E-state index in [-0.39, 0.29) is 11.6 Å². The second-order valence-corrected chi connectivity index (χ2v) is 8.07. The zero-order chi connectivity index (χ0) is 18.9. The Labute approximate surface area is 162 Å². The summed E-state index contributed by atoms with van der Waals surface area (Å²) in [5.41, 5.74) is 0.761. The smallest absolute Gasteiger partial charge is 0.253 e. The normalized spacial score (nSPS) is 19.9. The number of carbonyl (C=O) groups is 1. The molecule has 4 nitrogen and oxygen atoms in total. The quantitative estimate of drug-likeness (QED) is 0.710. The summed E-state index contributed by atoms with van der Waals surface area (Å²) in [6.07, 6.45) is 7.96. The number of benzene rings is 2. The molecule has 0 aromatic heterocycles. The number of rotatable bonds is 4. The number of hydrogen-bond acceptors (Lipinski definition) is 3. The minimum absolute atomic E-state index is 0.00358. The molecular weight excluding hydrogens is 336 g/mol. The molecule has 1 saturated heterocycles. The maximum absolute atomic E-state index is 12.8. The molecule has 4 heteroatoms. The van der Waals surface area contributed by atoms with Gasteiger partial charge in [0.2, 0.25) is 0 Å². The van der Waals surface area contributed by atoms with Gasteiger partial charge in [-0.05, 0) is 56.4 Å². The maximum atomic E-state index is 12.8. The number of nitrogens with zero attached hydrogens (tertiary/aromatic N) is 2. The van der Waals surface area contributed by atoms with E-state index >= 15 is 0 Å². The van der Waals surface area contributed by atoms with Crippen molar-refractivity contribution in [1.29, 1.82) is 0 Å². The minimum Gasteiger partial charge on any atom is -0.374 e. The average molecular weight is 367 g/mol. The van der Waals surface area contributed by atoms with Crippen LogP contribution in [0.1, 0.15) is 57.4 Å². The predicted molar refractivity (Wildman–Crippen MR) is 108 cm³/mol. The van der Waals surface area contributed by atoms with E-state index in [1.54, 1.807) is 12.0 Å². The molecule has 2 fully saturated rings. The van der Waals surface area contributed by atoms with Gasteiger partial charge in [-0.3, -0.25) is 9.69 Å². The van der Waals surface area contributed by atoms with E-state index in [2.05, 4.69) is 36.1 Å². The van der Waals surface area contributed by atoms with Crippen molar-refractivity contribution in [2.75, 3.05) is 13.1 Å². The van der Waals surface area contributed by atoms with Gasteiger partial charge in [-0.15, -0.1) is 0 Å². The Hall–Kier alpha value is -2.07. The first kappa shape index (κ1) is 18.3. The molecule has 1 saturated carbocycles. The van der Waals surface area contributed by atoms with Crippen molar-refractivity contribution in [3.63, 3.8) is 0 Å². The Balaban J connectivity index is 1.77. The molecule has 0 radical (unpaired) electrons. The van der Waals surface area contributed by atoms with E-state index < -0.39 is 0 Å². The zero-order valence-electron chi connectivity index (χ0n) is 16.5. The van der Waals surface area contributed by atoms with Gasteiger partial charge in [-0.25, -0.2) is 0 Å².